The lowest BCUT2D eigenvalue weighted by Gasteiger charge is -2.12. The van der Waals surface area contributed by atoms with E-state index in [0.717, 1.165) is 55.4 Å². The fraction of sp³-hybridized carbons (Fsp3) is 0. The molecular weight excluding hydrogens is 426 g/mol. The molecule has 0 saturated carbocycles. The molecule has 0 unspecified atom stereocenters. The number of benzene rings is 4. The zero-order valence-electron chi connectivity index (χ0n) is 19.0. The summed E-state index contributed by atoms with van der Waals surface area (Å²) in [7, 11) is 0. The number of hydrogen-bond acceptors (Lipinski definition) is 2. The first kappa shape index (κ1) is 19.7. The predicted octanol–water partition coefficient (Wildman–Crippen LogP) is 8.04. The summed E-state index contributed by atoms with van der Waals surface area (Å²) in [4.78, 5) is 10.3. The summed E-state index contributed by atoms with van der Waals surface area (Å²) in [6.07, 6.45) is 4.20. The minimum Gasteiger partial charge on any atom is -0.306 e. The molecule has 0 spiro atoms. The van der Waals surface area contributed by atoms with Gasteiger partial charge in [0.05, 0.1) is 16.9 Å². The summed E-state index contributed by atoms with van der Waals surface area (Å²) in [5.74, 6) is 0. The van der Waals surface area contributed by atoms with E-state index in [1.165, 1.54) is 5.56 Å². The Kier molecular flexibility index (Phi) is 4.46. The highest BCUT2D eigenvalue weighted by atomic mass is 15.0. The first-order chi connectivity index (χ1) is 17.3. The third-order valence-electron chi connectivity index (χ3n) is 6.61. The molecule has 0 atom stereocenters. The third kappa shape index (κ3) is 3.29. The highest BCUT2D eigenvalue weighted by Gasteiger charge is 2.16. The molecule has 0 aliphatic rings. The zero-order chi connectivity index (χ0) is 23.2. The molecule has 35 heavy (non-hydrogen) atoms. The van der Waals surface area contributed by atoms with Crippen molar-refractivity contribution in [2.45, 2.75) is 0 Å². The van der Waals surface area contributed by atoms with Crippen molar-refractivity contribution in [3.05, 3.63) is 128 Å². The van der Waals surface area contributed by atoms with E-state index >= 15 is 0 Å². The molecule has 0 saturated heterocycles. The lowest BCUT2D eigenvalue weighted by atomic mass is 9.98. The van der Waals surface area contributed by atoms with Crippen molar-refractivity contribution in [3.8, 4) is 33.6 Å². The van der Waals surface area contributed by atoms with Crippen LogP contribution in [0.25, 0.3) is 61.0 Å². The third-order valence-corrected chi connectivity index (χ3v) is 6.61. The molecule has 4 aromatic carbocycles. The van der Waals surface area contributed by atoms with Crippen LogP contribution in [0.2, 0.25) is 0 Å². The van der Waals surface area contributed by atoms with Crippen LogP contribution in [-0.2, 0) is 0 Å². The molecule has 164 valence electrons. The van der Waals surface area contributed by atoms with Gasteiger partial charge in [0, 0.05) is 39.7 Å². The Balaban J connectivity index is 1.58. The smallest absolute Gasteiger partial charge is 0.146 e. The number of imidazole rings is 1. The van der Waals surface area contributed by atoms with Crippen LogP contribution in [-0.4, -0.2) is 14.4 Å². The van der Waals surface area contributed by atoms with Crippen molar-refractivity contribution >= 4 is 27.3 Å². The average Bonchev–Trinajstić information content (AvgIpc) is 3.38. The van der Waals surface area contributed by atoms with Crippen LogP contribution in [0.5, 0.6) is 0 Å². The number of aromatic nitrogens is 3. The lowest BCUT2D eigenvalue weighted by Crippen LogP contribution is -1.93. The SMILES string of the molecule is c1ccc(-c2ccc3c(c2)nc(-c2ccccc2)c2ccn4cc(-c5ccccc5)nc4c23)cc1. The van der Waals surface area contributed by atoms with Crippen molar-refractivity contribution in [2.75, 3.05) is 0 Å². The molecule has 7 rings (SSSR count). The van der Waals surface area contributed by atoms with Gasteiger partial charge in [-0.1, -0.05) is 103 Å². The number of hydrogen-bond donors (Lipinski definition) is 0. The van der Waals surface area contributed by atoms with Crippen molar-refractivity contribution in [1.29, 1.82) is 0 Å². The Morgan fingerprint density at radius 1 is 0.514 bits per heavy atom. The number of pyridine rings is 2. The Labute approximate surface area is 203 Å². The number of fused-ring (bicyclic) bond motifs is 5. The molecule has 3 nitrogen and oxygen atoms in total. The van der Waals surface area contributed by atoms with Gasteiger partial charge >= 0.3 is 0 Å². The van der Waals surface area contributed by atoms with Gasteiger partial charge in [0.25, 0.3) is 0 Å². The van der Waals surface area contributed by atoms with Crippen LogP contribution in [0.1, 0.15) is 0 Å². The van der Waals surface area contributed by atoms with Gasteiger partial charge in [-0.2, -0.15) is 0 Å². The highest BCUT2D eigenvalue weighted by Crippen LogP contribution is 2.37. The van der Waals surface area contributed by atoms with E-state index in [0.29, 0.717) is 0 Å². The Morgan fingerprint density at radius 2 is 1.17 bits per heavy atom. The molecule has 0 radical (unpaired) electrons. The van der Waals surface area contributed by atoms with E-state index in [1.807, 2.05) is 18.2 Å². The maximum atomic E-state index is 5.19. The molecule has 0 aliphatic heterocycles. The Hall–Kier alpha value is -4.76. The lowest BCUT2D eigenvalue weighted by molar-refractivity contribution is 1.20. The second-order valence-electron chi connectivity index (χ2n) is 8.75. The number of rotatable bonds is 3. The molecule has 0 bridgehead atoms. The monoisotopic (exact) mass is 447 g/mol. The van der Waals surface area contributed by atoms with Gasteiger partial charge in [0.15, 0.2) is 0 Å². The van der Waals surface area contributed by atoms with Gasteiger partial charge in [-0.15, -0.1) is 0 Å². The van der Waals surface area contributed by atoms with Crippen LogP contribution < -0.4 is 0 Å². The first-order valence-electron chi connectivity index (χ1n) is 11.8. The summed E-state index contributed by atoms with van der Waals surface area (Å²) in [5, 5.41) is 3.34. The largest absolute Gasteiger partial charge is 0.306 e. The maximum Gasteiger partial charge on any atom is 0.146 e. The van der Waals surface area contributed by atoms with Crippen molar-refractivity contribution in [1.82, 2.24) is 14.4 Å². The van der Waals surface area contributed by atoms with E-state index in [1.54, 1.807) is 0 Å². The van der Waals surface area contributed by atoms with Crippen LogP contribution in [0, 0.1) is 0 Å². The fourth-order valence-corrected chi connectivity index (χ4v) is 4.90. The molecule has 0 aliphatic carbocycles. The standard InChI is InChI=1S/C32H21N3/c1-4-10-22(11-5-1)25-16-17-26-28(20-25)33-31(24-14-8-3-9-15-24)27-18-19-35-21-29(34-32(35)30(26)27)23-12-6-2-7-13-23/h1-21H. The zero-order valence-corrected chi connectivity index (χ0v) is 19.0. The summed E-state index contributed by atoms with van der Waals surface area (Å²) in [5.41, 5.74) is 8.40. The molecule has 0 fully saturated rings. The maximum absolute atomic E-state index is 5.19. The van der Waals surface area contributed by atoms with E-state index in [9.17, 15) is 0 Å². The first-order valence-corrected chi connectivity index (χ1v) is 11.8. The molecular formula is C32H21N3. The minimum absolute atomic E-state index is 0.943. The van der Waals surface area contributed by atoms with E-state index in [2.05, 4.69) is 114 Å². The highest BCUT2D eigenvalue weighted by molar-refractivity contribution is 6.17. The fourth-order valence-electron chi connectivity index (χ4n) is 4.90. The van der Waals surface area contributed by atoms with Crippen molar-refractivity contribution in [3.63, 3.8) is 0 Å². The Bertz CT molecular complexity index is 1820. The van der Waals surface area contributed by atoms with Crippen LogP contribution in [0.4, 0.5) is 0 Å². The summed E-state index contributed by atoms with van der Waals surface area (Å²) in [6, 6.07) is 40.0. The predicted molar refractivity (Wildman–Crippen MR) is 144 cm³/mol. The van der Waals surface area contributed by atoms with E-state index < -0.39 is 0 Å². The average molecular weight is 448 g/mol. The van der Waals surface area contributed by atoms with Crippen molar-refractivity contribution in [2.24, 2.45) is 0 Å². The van der Waals surface area contributed by atoms with E-state index in [4.69, 9.17) is 9.97 Å². The summed E-state index contributed by atoms with van der Waals surface area (Å²) < 4.78 is 2.13. The van der Waals surface area contributed by atoms with Crippen LogP contribution in [0.15, 0.2) is 128 Å². The molecule has 3 heteroatoms. The van der Waals surface area contributed by atoms with Gasteiger partial charge in [0.2, 0.25) is 0 Å². The molecule has 3 aromatic heterocycles. The van der Waals surface area contributed by atoms with Gasteiger partial charge in [0.1, 0.15) is 5.65 Å². The van der Waals surface area contributed by atoms with Crippen LogP contribution in [0.3, 0.4) is 0 Å². The minimum atomic E-state index is 0.943. The Morgan fingerprint density at radius 3 is 1.89 bits per heavy atom. The van der Waals surface area contributed by atoms with Crippen molar-refractivity contribution < 1.29 is 0 Å². The topological polar surface area (TPSA) is 30.2 Å². The van der Waals surface area contributed by atoms with E-state index in [-0.39, 0.29) is 0 Å². The molecule has 0 N–H and O–H groups in total. The van der Waals surface area contributed by atoms with Crippen LogP contribution >= 0.6 is 0 Å². The molecule has 7 aromatic rings. The summed E-state index contributed by atoms with van der Waals surface area (Å²) in [6.45, 7) is 0. The van der Waals surface area contributed by atoms with Gasteiger partial charge < -0.3 is 4.40 Å². The summed E-state index contributed by atoms with van der Waals surface area (Å²) >= 11 is 0. The molecule has 0 amide bonds. The second kappa shape index (κ2) is 7.93. The quantitative estimate of drug-likeness (QED) is 0.257. The second-order valence-corrected chi connectivity index (χ2v) is 8.75. The molecule has 3 heterocycles. The van der Waals surface area contributed by atoms with Gasteiger partial charge in [-0.05, 0) is 23.3 Å². The normalized spacial score (nSPS) is 11.4. The number of nitrogens with zero attached hydrogens (tertiary/aromatic N) is 3. The van der Waals surface area contributed by atoms with Gasteiger partial charge in [-0.3, -0.25) is 0 Å². The van der Waals surface area contributed by atoms with Gasteiger partial charge in [-0.25, -0.2) is 9.97 Å².